The molecule has 0 bridgehead atoms. The van der Waals surface area contributed by atoms with E-state index in [4.69, 9.17) is 4.84 Å². The summed E-state index contributed by atoms with van der Waals surface area (Å²) >= 11 is 2.30. The molecule has 0 aliphatic carbocycles. The van der Waals surface area contributed by atoms with Crippen LogP contribution >= 0.6 is 22.6 Å². The fraction of sp³-hybridized carbons (Fsp3) is 0.150. The molecule has 0 N–H and O–H groups in total. The van der Waals surface area contributed by atoms with E-state index in [9.17, 15) is 10.1 Å². The van der Waals surface area contributed by atoms with Crippen LogP contribution in [-0.2, 0) is 11.4 Å². The van der Waals surface area contributed by atoms with Gasteiger partial charge >= 0.3 is 0 Å². The second-order valence-corrected chi connectivity index (χ2v) is 7.32. The van der Waals surface area contributed by atoms with Crippen molar-refractivity contribution in [1.82, 2.24) is 4.57 Å². The summed E-state index contributed by atoms with van der Waals surface area (Å²) in [7, 11) is 0. The monoisotopic (exact) mass is 475 g/mol. The second kappa shape index (κ2) is 8.34. The van der Waals surface area contributed by atoms with Crippen molar-refractivity contribution in [2.75, 3.05) is 0 Å². The number of benzene rings is 2. The molecule has 0 unspecified atom stereocenters. The van der Waals surface area contributed by atoms with Crippen molar-refractivity contribution in [2.45, 2.75) is 20.5 Å². The number of halogens is 1. The predicted octanol–water partition coefficient (Wildman–Crippen LogP) is 5.16. The molecule has 0 aliphatic rings. The molecular weight excluding hydrogens is 457 g/mol. The van der Waals surface area contributed by atoms with Crippen LogP contribution in [0.25, 0.3) is 5.69 Å². The summed E-state index contributed by atoms with van der Waals surface area (Å²) < 4.78 is 3.34. The minimum Gasteiger partial charge on any atom is -0.391 e. The van der Waals surface area contributed by atoms with Gasteiger partial charge in [-0.1, -0.05) is 23.4 Å². The molecule has 7 heteroatoms. The molecule has 27 heavy (non-hydrogen) atoms. The largest absolute Gasteiger partial charge is 0.391 e. The molecule has 0 spiro atoms. The van der Waals surface area contributed by atoms with Crippen LogP contribution in [0.3, 0.4) is 0 Å². The molecule has 0 saturated heterocycles. The Hall–Kier alpha value is -2.68. The summed E-state index contributed by atoms with van der Waals surface area (Å²) in [5, 5.41) is 14.8. The molecule has 0 atom stereocenters. The first-order chi connectivity index (χ1) is 13.0. The van der Waals surface area contributed by atoms with E-state index in [1.165, 1.54) is 15.7 Å². The van der Waals surface area contributed by atoms with Gasteiger partial charge < -0.3 is 9.40 Å². The Balaban J connectivity index is 1.72. The molecule has 0 amide bonds. The Labute approximate surface area is 170 Å². The first-order valence-electron chi connectivity index (χ1n) is 8.29. The molecule has 1 heterocycles. The van der Waals surface area contributed by atoms with E-state index in [1.54, 1.807) is 18.3 Å². The molecule has 0 fully saturated rings. The maximum atomic E-state index is 10.8. The number of nitro groups is 1. The first kappa shape index (κ1) is 19.1. The molecule has 2 aromatic carbocycles. The number of non-ortho nitro benzene ring substituents is 1. The van der Waals surface area contributed by atoms with Gasteiger partial charge in [0, 0.05) is 38.3 Å². The number of hydrogen-bond donors (Lipinski definition) is 0. The van der Waals surface area contributed by atoms with Crippen LogP contribution in [0.4, 0.5) is 5.69 Å². The maximum absolute atomic E-state index is 10.8. The fourth-order valence-electron chi connectivity index (χ4n) is 2.90. The van der Waals surface area contributed by atoms with Gasteiger partial charge in [-0.05, 0) is 66.3 Å². The van der Waals surface area contributed by atoms with Gasteiger partial charge in [-0.2, -0.15) is 0 Å². The van der Waals surface area contributed by atoms with Gasteiger partial charge in [-0.3, -0.25) is 10.1 Å². The summed E-state index contributed by atoms with van der Waals surface area (Å²) in [5.41, 5.74) is 4.98. The Morgan fingerprint density at radius 2 is 1.96 bits per heavy atom. The molecule has 0 radical (unpaired) electrons. The molecule has 3 aromatic rings. The van der Waals surface area contributed by atoms with E-state index < -0.39 is 4.92 Å². The summed E-state index contributed by atoms with van der Waals surface area (Å²) in [4.78, 5) is 15.7. The second-order valence-electron chi connectivity index (χ2n) is 6.08. The zero-order valence-electron chi connectivity index (χ0n) is 14.9. The van der Waals surface area contributed by atoms with Gasteiger partial charge in [0.15, 0.2) is 0 Å². The van der Waals surface area contributed by atoms with Crippen LogP contribution in [0.2, 0.25) is 0 Å². The number of aryl methyl sites for hydroxylation is 1. The van der Waals surface area contributed by atoms with Gasteiger partial charge in [0.2, 0.25) is 0 Å². The van der Waals surface area contributed by atoms with Crippen LogP contribution in [0.1, 0.15) is 22.5 Å². The SMILES string of the molecule is Cc1cc(/C=N\OCc2cccc([N+](=O)[O-])c2)c(C)n1-c1cccc(I)c1. The van der Waals surface area contributed by atoms with Crippen LogP contribution in [0, 0.1) is 27.5 Å². The number of rotatable bonds is 6. The number of nitrogens with zero attached hydrogens (tertiary/aromatic N) is 3. The lowest BCUT2D eigenvalue weighted by molar-refractivity contribution is -0.384. The van der Waals surface area contributed by atoms with Crippen molar-refractivity contribution in [2.24, 2.45) is 5.16 Å². The molecule has 1 aromatic heterocycles. The highest BCUT2D eigenvalue weighted by molar-refractivity contribution is 14.1. The Bertz CT molecular complexity index is 1010. The molecule has 3 rings (SSSR count). The minimum absolute atomic E-state index is 0.0427. The smallest absolute Gasteiger partial charge is 0.269 e. The van der Waals surface area contributed by atoms with Gasteiger partial charge in [-0.15, -0.1) is 0 Å². The summed E-state index contributed by atoms with van der Waals surface area (Å²) in [6.07, 6.45) is 1.67. The van der Waals surface area contributed by atoms with Crippen molar-refractivity contribution in [3.05, 3.63) is 90.8 Å². The highest BCUT2D eigenvalue weighted by Crippen LogP contribution is 2.21. The zero-order chi connectivity index (χ0) is 19.4. The van der Waals surface area contributed by atoms with Gasteiger partial charge in [0.25, 0.3) is 5.69 Å². The van der Waals surface area contributed by atoms with Crippen LogP contribution < -0.4 is 0 Å². The lowest BCUT2D eigenvalue weighted by Gasteiger charge is -2.09. The lowest BCUT2D eigenvalue weighted by Crippen LogP contribution is -1.99. The van der Waals surface area contributed by atoms with E-state index >= 15 is 0 Å². The van der Waals surface area contributed by atoms with Crippen molar-refractivity contribution in [1.29, 1.82) is 0 Å². The first-order valence-corrected chi connectivity index (χ1v) is 9.37. The predicted molar refractivity (Wildman–Crippen MR) is 113 cm³/mol. The highest BCUT2D eigenvalue weighted by Gasteiger charge is 2.10. The van der Waals surface area contributed by atoms with E-state index in [-0.39, 0.29) is 12.3 Å². The third-order valence-corrected chi connectivity index (χ3v) is 4.83. The van der Waals surface area contributed by atoms with Gasteiger partial charge in [-0.25, -0.2) is 0 Å². The highest BCUT2D eigenvalue weighted by atomic mass is 127. The Morgan fingerprint density at radius 3 is 2.70 bits per heavy atom. The number of aromatic nitrogens is 1. The van der Waals surface area contributed by atoms with Crippen molar-refractivity contribution in [3.63, 3.8) is 0 Å². The van der Waals surface area contributed by atoms with Crippen LogP contribution in [0.15, 0.2) is 59.8 Å². The average Bonchev–Trinajstić information content (AvgIpc) is 2.92. The summed E-state index contributed by atoms with van der Waals surface area (Å²) in [6.45, 7) is 4.26. The van der Waals surface area contributed by atoms with E-state index in [1.807, 2.05) is 19.9 Å². The number of nitro benzene ring substituents is 1. The Kier molecular flexibility index (Phi) is 5.90. The molecule has 138 valence electrons. The molecule has 0 aliphatic heterocycles. The quantitative estimate of drug-likeness (QED) is 0.214. The van der Waals surface area contributed by atoms with Crippen LogP contribution in [-0.4, -0.2) is 15.7 Å². The maximum Gasteiger partial charge on any atom is 0.269 e. The van der Waals surface area contributed by atoms with Crippen molar-refractivity contribution >= 4 is 34.5 Å². The van der Waals surface area contributed by atoms with Crippen LogP contribution in [0.5, 0.6) is 0 Å². The average molecular weight is 475 g/mol. The molecular formula is C20H18IN3O3. The third-order valence-electron chi connectivity index (χ3n) is 4.16. The van der Waals surface area contributed by atoms with E-state index in [0.717, 1.165) is 22.6 Å². The molecule has 6 nitrogen and oxygen atoms in total. The summed E-state index contributed by atoms with van der Waals surface area (Å²) in [6, 6.07) is 16.7. The topological polar surface area (TPSA) is 69.7 Å². The summed E-state index contributed by atoms with van der Waals surface area (Å²) in [5.74, 6) is 0. The molecule has 0 saturated carbocycles. The van der Waals surface area contributed by atoms with Gasteiger partial charge in [0.05, 0.1) is 11.1 Å². The van der Waals surface area contributed by atoms with Gasteiger partial charge in [0.1, 0.15) is 6.61 Å². The standard InChI is InChI=1S/C20H18IN3O3/c1-14-9-17(15(2)23(14)19-7-4-6-18(21)11-19)12-22-27-13-16-5-3-8-20(10-16)24(25)26/h3-12H,13H2,1-2H3/b22-12-. The zero-order valence-corrected chi connectivity index (χ0v) is 17.1. The number of oxime groups is 1. The Morgan fingerprint density at radius 1 is 1.19 bits per heavy atom. The van der Waals surface area contributed by atoms with E-state index in [2.05, 4.69) is 56.6 Å². The minimum atomic E-state index is -0.424. The fourth-order valence-corrected chi connectivity index (χ4v) is 3.42. The third kappa shape index (κ3) is 4.54. The van der Waals surface area contributed by atoms with E-state index in [0.29, 0.717) is 5.56 Å². The number of hydrogen-bond acceptors (Lipinski definition) is 4. The lowest BCUT2D eigenvalue weighted by atomic mass is 10.2. The van der Waals surface area contributed by atoms with Crippen molar-refractivity contribution < 1.29 is 9.76 Å². The normalized spacial score (nSPS) is 11.1. The van der Waals surface area contributed by atoms with Crippen molar-refractivity contribution in [3.8, 4) is 5.69 Å².